The molecule has 0 aromatic heterocycles. The molecule has 1 aromatic carbocycles. The Kier molecular flexibility index (Phi) is 6.25. The molecule has 1 fully saturated rings. The molecule has 1 aromatic rings. The fourth-order valence-electron chi connectivity index (χ4n) is 2.27. The Labute approximate surface area is 148 Å². The monoisotopic (exact) mass is 395 g/mol. The number of hydroxylamine groups is 2. The van der Waals surface area contributed by atoms with E-state index < -0.39 is 22.6 Å². The van der Waals surface area contributed by atoms with Gasteiger partial charge in [0.25, 0.3) is 11.8 Å². The number of ketones is 1. The van der Waals surface area contributed by atoms with Crippen LogP contribution in [0.2, 0.25) is 0 Å². The zero-order valence-corrected chi connectivity index (χ0v) is 14.9. The van der Waals surface area contributed by atoms with E-state index in [9.17, 15) is 19.2 Å². The molecule has 1 heterocycles. The molecular weight excluding hydrogens is 378 g/mol. The van der Waals surface area contributed by atoms with Gasteiger partial charge in [-0.3, -0.25) is 14.4 Å². The minimum Gasteiger partial charge on any atom is -0.330 e. The fraction of sp³-hybridized carbons (Fsp3) is 0.412. The third-order valence-corrected chi connectivity index (χ3v) is 4.61. The minimum atomic E-state index is -0.711. The molecule has 1 saturated heterocycles. The Morgan fingerprint density at radius 2 is 1.75 bits per heavy atom. The van der Waals surface area contributed by atoms with E-state index in [1.54, 1.807) is 12.1 Å². The lowest BCUT2D eigenvalue weighted by molar-refractivity contribution is -0.197. The van der Waals surface area contributed by atoms with Crippen LogP contribution in [-0.4, -0.2) is 33.5 Å². The first kappa shape index (κ1) is 18.3. The molecule has 128 valence electrons. The highest BCUT2D eigenvalue weighted by Crippen LogP contribution is 2.18. The predicted molar refractivity (Wildman–Crippen MR) is 89.3 cm³/mol. The number of rotatable bonds is 7. The molecule has 2 rings (SSSR count). The maximum Gasteiger partial charge on any atom is 0.333 e. The number of carbonyl (C=O) groups is 4. The second-order valence-corrected chi connectivity index (χ2v) is 6.57. The maximum atomic E-state index is 12.3. The summed E-state index contributed by atoms with van der Waals surface area (Å²) in [4.78, 5) is 51.0. The molecule has 0 bridgehead atoms. The van der Waals surface area contributed by atoms with Gasteiger partial charge in [-0.15, -0.1) is 5.06 Å². The van der Waals surface area contributed by atoms with Crippen LogP contribution in [0, 0.1) is 0 Å². The molecule has 0 N–H and O–H groups in total. The van der Waals surface area contributed by atoms with Gasteiger partial charge in [0.05, 0.1) is 4.83 Å². The van der Waals surface area contributed by atoms with Gasteiger partial charge in [0.15, 0.2) is 5.78 Å². The lowest BCUT2D eigenvalue weighted by atomic mass is 10.0. The third-order valence-electron chi connectivity index (χ3n) is 3.73. The van der Waals surface area contributed by atoms with Crippen molar-refractivity contribution in [1.82, 2.24) is 5.06 Å². The van der Waals surface area contributed by atoms with Crippen LogP contribution in [0.5, 0.6) is 0 Å². The van der Waals surface area contributed by atoms with E-state index >= 15 is 0 Å². The van der Waals surface area contributed by atoms with Gasteiger partial charge < -0.3 is 4.84 Å². The average Bonchev–Trinajstić information content (AvgIpc) is 2.91. The van der Waals surface area contributed by atoms with E-state index in [-0.39, 0.29) is 31.5 Å². The largest absolute Gasteiger partial charge is 0.333 e. The summed E-state index contributed by atoms with van der Waals surface area (Å²) in [6, 6.07) is 7.31. The molecule has 0 radical (unpaired) electrons. The van der Waals surface area contributed by atoms with E-state index in [4.69, 9.17) is 4.84 Å². The van der Waals surface area contributed by atoms with Gasteiger partial charge in [0, 0.05) is 24.8 Å². The number of amides is 2. The SMILES string of the molecule is CCc1ccc(C(=O)C(Br)CCC(=O)ON2C(=O)CCC2=O)cc1. The first-order valence-corrected chi connectivity index (χ1v) is 8.67. The number of hydrogen-bond acceptors (Lipinski definition) is 5. The number of Topliss-reactive ketones (excluding diaryl/α,β-unsaturated/α-hetero) is 1. The topological polar surface area (TPSA) is 80.8 Å². The predicted octanol–water partition coefficient (Wildman–Crippen LogP) is 2.58. The van der Waals surface area contributed by atoms with Crippen LogP contribution >= 0.6 is 15.9 Å². The second kappa shape index (κ2) is 8.19. The van der Waals surface area contributed by atoms with Gasteiger partial charge in [-0.1, -0.05) is 47.1 Å². The van der Waals surface area contributed by atoms with Crippen LogP contribution in [0.1, 0.15) is 48.5 Å². The van der Waals surface area contributed by atoms with Crippen LogP contribution in [0.25, 0.3) is 0 Å². The van der Waals surface area contributed by atoms with Gasteiger partial charge in [0.1, 0.15) is 0 Å². The summed E-state index contributed by atoms with van der Waals surface area (Å²) in [6.45, 7) is 2.03. The van der Waals surface area contributed by atoms with Gasteiger partial charge in [-0.2, -0.15) is 0 Å². The Morgan fingerprint density at radius 1 is 1.17 bits per heavy atom. The molecule has 24 heavy (non-hydrogen) atoms. The molecular formula is C17H18BrNO5. The normalized spacial score (nSPS) is 15.5. The zero-order valence-electron chi connectivity index (χ0n) is 13.3. The lowest BCUT2D eigenvalue weighted by Gasteiger charge is -2.13. The molecule has 0 saturated carbocycles. The highest BCUT2D eigenvalue weighted by atomic mass is 79.9. The molecule has 1 aliphatic rings. The molecule has 7 heteroatoms. The van der Waals surface area contributed by atoms with Crippen molar-refractivity contribution in [3.05, 3.63) is 35.4 Å². The third kappa shape index (κ3) is 4.50. The minimum absolute atomic E-state index is 0.0550. The molecule has 1 aliphatic heterocycles. The summed E-state index contributed by atoms with van der Waals surface area (Å²) in [5.41, 5.74) is 1.70. The van der Waals surface area contributed by atoms with Crippen LogP contribution in [0.15, 0.2) is 24.3 Å². The number of benzene rings is 1. The first-order chi connectivity index (χ1) is 11.4. The van der Waals surface area contributed by atoms with Crippen molar-refractivity contribution in [2.24, 2.45) is 0 Å². The van der Waals surface area contributed by atoms with Crippen molar-refractivity contribution in [3.8, 4) is 0 Å². The van der Waals surface area contributed by atoms with Crippen molar-refractivity contribution in [1.29, 1.82) is 0 Å². The van der Waals surface area contributed by atoms with Crippen molar-refractivity contribution >= 4 is 39.5 Å². The smallest absolute Gasteiger partial charge is 0.330 e. The average molecular weight is 396 g/mol. The van der Waals surface area contributed by atoms with Crippen molar-refractivity contribution in [2.75, 3.05) is 0 Å². The van der Waals surface area contributed by atoms with Crippen LogP contribution in [0.3, 0.4) is 0 Å². The van der Waals surface area contributed by atoms with E-state index in [0.29, 0.717) is 10.6 Å². The Hall–Kier alpha value is -2.02. The second-order valence-electron chi connectivity index (χ2n) is 5.47. The maximum absolute atomic E-state index is 12.3. The molecule has 2 amide bonds. The summed E-state index contributed by atoms with van der Waals surface area (Å²) in [6.07, 6.45) is 1.14. The Balaban J connectivity index is 1.84. The van der Waals surface area contributed by atoms with E-state index in [1.165, 1.54) is 0 Å². The van der Waals surface area contributed by atoms with Gasteiger partial charge in [0.2, 0.25) is 0 Å². The highest BCUT2D eigenvalue weighted by molar-refractivity contribution is 9.10. The van der Waals surface area contributed by atoms with Crippen LogP contribution in [-0.2, 0) is 25.6 Å². The number of hydrogen-bond donors (Lipinski definition) is 0. The molecule has 0 spiro atoms. The van der Waals surface area contributed by atoms with Gasteiger partial charge >= 0.3 is 5.97 Å². The Morgan fingerprint density at radius 3 is 2.29 bits per heavy atom. The van der Waals surface area contributed by atoms with Crippen molar-refractivity contribution < 1.29 is 24.0 Å². The zero-order chi connectivity index (χ0) is 17.7. The number of aryl methyl sites for hydroxylation is 1. The van der Waals surface area contributed by atoms with Crippen molar-refractivity contribution in [3.63, 3.8) is 0 Å². The summed E-state index contributed by atoms with van der Waals surface area (Å²) in [5, 5.41) is 0.511. The highest BCUT2D eigenvalue weighted by Gasteiger charge is 2.33. The molecule has 6 nitrogen and oxygen atoms in total. The van der Waals surface area contributed by atoms with Crippen molar-refractivity contribution in [2.45, 2.75) is 43.9 Å². The number of nitrogens with zero attached hydrogens (tertiary/aromatic N) is 1. The molecule has 0 aliphatic carbocycles. The molecule has 1 unspecified atom stereocenters. The summed E-state index contributed by atoms with van der Waals surface area (Å²) < 4.78 is 0. The van der Waals surface area contributed by atoms with Crippen LogP contribution < -0.4 is 0 Å². The first-order valence-electron chi connectivity index (χ1n) is 7.76. The summed E-state index contributed by atoms with van der Waals surface area (Å²) >= 11 is 3.28. The number of halogens is 1. The standard InChI is InChI=1S/C17H18BrNO5/c1-2-11-3-5-12(6-4-11)17(23)13(18)7-10-16(22)24-19-14(20)8-9-15(19)21/h3-6,13H,2,7-10H2,1H3. The van der Waals surface area contributed by atoms with E-state index in [1.807, 2.05) is 19.1 Å². The summed E-state index contributed by atoms with van der Waals surface area (Å²) in [7, 11) is 0. The number of imide groups is 1. The molecule has 1 atom stereocenters. The van der Waals surface area contributed by atoms with Gasteiger partial charge in [-0.05, 0) is 18.4 Å². The fourth-order valence-corrected chi connectivity index (χ4v) is 2.76. The summed E-state index contributed by atoms with van der Waals surface area (Å²) in [5.74, 6) is -1.87. The number of carbonyl (C=O) groups excluding carboxylic acids is 4. The Bertz CT molecular complexity index is 639. The van der Waals surface area contributed by atoms with E-state index in [0.717, 1.165) is 12.0 Å². The number of alkyl halides is 1. The van der Waals surface area contributed by atoms with E-state index in [2.05, 4.69) is 15.9 Å². The lowest BCUT2D eigenvalue weighted by Crippen LogP contribution is -2.32. The van der Waals surface area contributed by atoms with Crippen LogP contribution in [0.4, 0.5) is 0 Å². The van der Waals surface area contributed by atoms with Gasteiger partial charge in [-0.25, -0.2) is 4.79 Å². The quantitative estimate of drug-likeness (QED) is 0.402.